The van der Waals surface area contributed by atoms with Gasteiger partial charge in [0, 0.05) is 11.6 Å². The van der Waals surface area contributed by atoms with Crippen molar-refractivity contribution in [2.45, 2.75) is 13.3 Å². The van der Waals surface area contributed by atoms with Crippen LogP contribution >= 0.6 is 0 Å². The van der Waals surface area contributed by atoms with Crippen LogP contribution in [0.4, 0.5) is 13.2 Å². The summed E-state index contributed by atoms with van der Waals surface area (Å²) in [7, 11) is 0. The zero-order chi connectivity index (χ0) is 11.8. The summed E-state index contributed by atoms with van der Waals surface area (Å²) in [5.74, 6) is -0.226. The van der Waals surface area contributed by atoms with Crippen molar-refractivity contribution >= 4 is 10.9 Å². The molecular formula is C11H8F3NO. The summed E-state index contributed by atoms with van der Waals surface area (Å²) >= 11 is 0. The Labute approximate surface area is 89.7 Å². The Morgan fingerprint density at radius 3 is 2.62 bits per heavy atom. The van der Waals surface area contributed by atoms with Gasteiger partial charge >= 0.3 is 6.36 Å². The fraction of sp³-hybridized carbons (Fsp3) is 0.182. The first-order valence-electron chi connectivity index (χ1n) is 4.57. The molecule has 2 rings (SSSR count). The standard InChI is InChI=1S/C11H8F3NO/c1-7-4-5-15-10-3-2-8(6-9(7)10)16-11(12,13)14/h2-6H,1H3. The van der Waals surface area contributed by atoms with Crippen molar-refractivity contribution in [2.75, 3.05) is 0 Å². The largest absolute Gasteiger partial charge is 0.573 e. The average Bonchev–Trinajstić information content (AvgIpc) is 2.17. The van der Waals surface area contributed by atoms with Gasteiger partial charge in [0.25, 0.3) is 0 Å². The SMILES string of the molecule is Cc1ccnc2ccc(OC(F)(F)F)cc12. The summed E-state index contributed by atoms with van der Waals surface area (Å²) in [6.45, 7) is 1.81. The summed E-state index contributed by atoms with van der Waals surface area (Å²) in [6, 6.07) is 5.83. The van der Waals surface area contributed by atoms with E-state index in [2.05, 4.69) is 9.72 Å². The number of nitrogens with zero attached hydrogens (tertiary/aromatic N) is 1. The minimum absolute atomic E-state index is 0.226. The molecule has 2 aromatic rings. The number of benzene rings is 1. The van der Waals surface area contributed by atoms with Gasteiger partial charge in [-0.1, -0.05) is 0 Å². The molecule has 0 saturated heterocycles. The van der Waals surface area contributed by atoms with E-state index in [4.69, 9.17) is 0 Å². The van der Waals surface area contributed by atoms with Gasteiger partial charge in [-0.2, -0.15) is 0 Å². The Morgan fingerprint density at radius 2 is 1.94 bits per heavy atom. The van der Waals surface area contributed by atoms with Crippen molar-refractivity contribution in [2.24, 2.45) is 0 Å². The number of aromatic nitrogens is 1. The van der Waals surface area contributed by atoms with E-state index >= 15 is 0 Å². The summed E-state index contributed by atoms with van der Waals surface area (Å²) in [5, 5.41) is 0.657. The van der Waals surface area contributed by atoms with Crippen LogP contribution in [-0.4, -0.2) is 11.3 Å². The van der Waals surface area contributed by atoms with Crippen molar-refractivity contribution in [1.29, 1.82) is 0 Å². The highest BCUT2D eigenvalue weighted by molar-refractivity contribution is 5.83. The second-order valence-electron chi connectivity index (χ2n) is 3.35. The first-order chi connectivity index (χ1) is 7.46. The van der Waals surface area contributed by atoms with Crippen molar-refractivity contribution in [1.82, 2.24) is 4.98 Å². The molecule has 2 nitrogen and oxygen atoms in total. The lowest BCUT2D eigenvalue weighted by Gasteiger charge is -2.09. The maximum atomic E-state index is 12.0. The maximum absolute atomic E-state index is 12.0. The Balaban J connectivity index is 2.47. The third-order valence-electron chi connectivity index (χ3n) is 2.16. The lowest BCUT2D eigenvalue weighted by molar-refractivity contribution is -0.274. The van der Waals surface area contributed by atoms with Crippen molar-refractivity contribution in [3.05, 3.63) is 36.0 Å². The summed E-state index contributed by atoms with van der Waals surface area (Å²) < 4.78 is 39.8. The van der Waals surface area contributed by atoms with Crippen LogP contribution in [0, 0.1) is 6.92 Å². The normalized spacial score (nSPS) is 11.8. The van der Waals surface area contributed by atoms with Crippen molar-refractivity contribution in [3.63, 3.8) is 0 Å². The highest BCUT2D eigenvalue weighted by Crippen LogP contribution is 2.26. The second-order valence-corrected chi connectivity index (χ2v) is 3.35. The molecule has 0 radical (unpaired) electrons. The predicted octanol–water partition coefficient (Wildman–Crippen LogP) is 3.44. The van der Waals surface area contributed by atoms with E-state index in [9.17, 15) is 13.2 Å². The number of rotatable bonds is 1. The van der Waals surface area contributed by atoms with Crippen molar-refractivity contribution in [3.8, 4) is 5.75 Å². The third-order valence-corrected chi connectivity index (χ3v) is 2.16. The molecule has 0 amide bonds. The molecule has 1 heterocycles. The van der Waals surface area contributed by atoms with Gasteiger partial charge in [-0.05, 0) is 36.8 Å². The third kappa shape index (κ3) is 2.24. The molecular weight excluding hydrogens is 219 g/mol. The molecule has 16 heavy (non-hydrogen) atoms. The van der Waals surface area contributed by atoms with Gasteiger partial charge in [0.1, 0.15) is 5.75 Å². The number of alkyl halides is 3. The molecule has 84 valence electrons. The van der Waals surface area contributed by atoms with Crippen molar-refractivity contribution < 1.29 is 17.9 Å². The minimum atomic E-state index is -4.66. The molecule has 1 aromatic heterocycles. The lowest BCUT2D eigenvalue weighted by atomic mass is 10.1. The molecule has 0 aliphatic heterocycles. The number of aryl methyl sites for hydroxylation is 1. The van der Waals surface area contributed by atoms with Crippen LogP contribution in [0.3, 0.4) is 0 Å². The number of fused-ring (bicyclic) bond motifs is 1. The van der Waals surface area contributed by atoms with Gasteiger partial charge < -0.3 is 4.74 Å². The van der Waals surface area contributed by atoms with Crippen LogP contribution in [0.15, 0.2) is 30.5 Å². The van der Waals surface area contributed by atoms with Gasteiger partial charge in [0.15, 0.2) is 0 Å². The molecule has 0 fully saturated rings. The minimum Gasteiger partial charge on any atom is -0.406 e. The highest BCUT2D eigenvalue weighted by atomic mass is 19.4. The smallest absolute Gasteiger partial charge is 0.406 e. The Kier molecular flexibility index (Phi) is 2.46. The van der Waals surface area contributed by atoms with E-state index in [-0.39, 0.29) is 5.75 Å². The van der Waals surface area contributed by atoms with E-state index in [0.29, 0.717) is 10.9 Å². The number of halogens is 3. The van der Waals surface area contributed by atoms with E-state index in [0.717, 1.165) is 5.56 Å². The predicted molar refractivity (Wildman–Crippen MR) is 53.2 cm³/mol. The van der Waals surface area contributed by atoms with Gasteiger partial charge in [0.2, 0.25) is 0 Å². The van der Waals surface area contributed by atoms with Gasteiger partial charge in [-0.3, -0.25) is 4.98 Å². The molecule has 0 saturated carbocycles. The summed E-state index contributed by atoms with van der Waals surface area (Å²) in [6.07, 6.45) is -3.05. The summed E-state index contributed by atoms with van der Waals surface area (Å²) in [4.78, 5) is 4.04. The van der Waals surface area contributed by atoms with E-state index in [1.165, 1.54) is 18.2 Å². The molecule has 0 spiro atoms. The monoisotopic (exact) mass is 227 g/mol. The number of hydrogen-bond donors (Lipinski definition) is 0. The van der Waals surface area contributed by atoms with E-state index < -0.39 is 6.36 Å². The molecule has 0 N–H and O–H groups in total. The van der Waals surface area contributed by atoms with Crippen LogP contribution in [-0.2, 0) is 0 Å². The maximum Gasteiger partial charge on any atom is 0.573 e. The molecule has 0 unspecified atom stereocenters. The zero-order valence-electron chi connectivity index (χ0n) is 8.38. The molecule has 0 aliphatic carbocycles. The quantitative estimate of drug-likeness (QED) is 0.744. The fourth-order valence-corrected chi connectivity index (χ4v) is 1.46. The number of pyridine rings is 1. The van der Waals surface area contributed by atoms with Crippen LogP contribution in [0.5, 0.6) is 5.75 Å². The van der Waals surface area contributed by atoms with Crippen LogP contribution < -0.4 is 4.74 Å². The second kappa shape index (κ2) is 3.66. The topological polar surface area (TPSA) is 22.1 Å². The molecule has 0 aliphatic rings. The van der Waals surface area contributed by atoms with Crippen LogP contribution in [0.1, 0.15) is 5.56 Å². The van der Waals surface area contributed by atoms with Crippen LogP contribution in [0.2, 0.25) is 0 Å². The summed E-state index contributed by atoms with van der Waals surface area (Å²) in [5.41, 5.74) is 1.51. The van der Waals surface area contributed by atoms with Crippen LogP contribution in [0.25, 0.3) is 10.9 Å². The number of hydrogen-bond acceptors (Lipinski definition) is 2. The van der Waals surface area contributed by atoms with Gasteiger partial charge in [0.05, 0.1) is 5.52 Å². The molecule has 0 atom stereocenters. The Hall–Kier alpha value is -1.78. The van der Waals surface area contributed by atoms with E-state index in [1.54, 1.807) is 19.2 Å². The van der Waals surface area contributed by atoms with E-state index in [1.807, 2.05) is 0 Å². The Bertz CT molecular complexity index is 522. The molecule has 0 bridgehead atoms. The van der Waals surface area contributed by atoms with Gasteiger partial charge in [-0.15, -0.1) is 13.2 Å². The average molecular weight is 227 g/mol. The lowest BCUT2D eigenvalue weighted by Crippen LogP contribution is -2.17. The first-order valence-corrected chi connectivity index (χ1v) is 4.57. The zero-order valence-corrected chi connectivity index (χ0v) is 8.38. The molecule has 5 heteroatoms. The molecule has 1 aromatic carbocycles. The first kappa shape index (κ1) is 10.7. The highest BCUT2D eigenvalue weighted by Gasteiger charge is 2.31. The number of ether oxygens (including phenoxy) is 1. The van der Waals surface area contributed by atoms with Gasteiger partial charge in [-0.25, -0.2) is 0 Å². The fourth-order valence-electron chi connectivity index (χ4n) is 1.46. The Morgan fingerprint density at radius 1 is 1.19 bits per heavy atom.